The lowest BCUT2D eigenvalue weighted by Crippen LogP contribution is -2.10. The second kappa shape index (κ2) is 5.60. The molecule has 0 unspecified atom stereocenters. The number of benzene rings is 3. The molecule has 0 aliphatic heterocycles. The van der Waals surface area contributed by atoms with Crippen molar-refractivity contribution >= 4 is 44.1 Å². The molecular formula is C23H19N3. The second-order valence-electron chi connectivity index (χ2n) is 6.76. The molecule has 3 nitrogen and oxygen atoms in total. The molecule has 0 bridgehead atoms. The molecule has 2 aromatic heterocycles. The van der Waals surface area contributed by atoms with Crippen LogP contribution in [0, 0.1) is 6.92 Å². The van der Waals surface area contributed by atoms with E-state index in [9.17, 15) is 0 Å². The van der Waals surface area contributed by atoms with Crippen molar-refractivity contribution in [2.24, 2.45) is 0 Å². The molecule has 0 aliphatic rings. The van der Waals surface area contributed by atoms with Gasteiger partial charge in [-0.05, 0) is 43.3 Å². The highest BCUT2D eigenvalue weighted by Gasteiger charge is 2.12. The first-order valence-corrected chi connectivity index (χ1v) is 8.81. The van der Waals surface area contributed by atoms with Gasteiger partial charge in [-0.15, -0.1) is 0 Å². The quantitative estimate of drug-likeness (QED) is 0.432. The van der Waals surface area contributed by atoms with Crippen LogP contribution in [0.5, 0.6) is 0 Å². The van der Waals surface area contributed by atoms with Crippen LogP contribution >= 0.6 is 0 Å². The molecule has 126 valence electrons. The van der Waals surface area contributed by atoms with Crippen molar-refractivity contribution in [3.63, 3.8) is 0 Å². The van der Waals surface area contributed by atoms with Crippen molar-refractivity contribution in [3.8, 4) is 0 Å². The van der Waals surface area contributed by atoms with Crippen LogP contribution in [0.3, 0.4) is 0 Å². The van der Waals surface area contributed by atoms with Gasteiger partial charge in [0.15, 0.2) is 0 Å². The van der Waals surface area contributed by atoms with E-state index in [0.717, 1.165) is 16.9 Å². The first-order valence-electron chi connectivity index (χ1n) is 8.81. The largest absolute Gasteiger partial charge is 0.355 e. The number of hydrogen-bond donors (Lipinski definition) is 1. The van der Waals surface area contributed by atoms with Gasteiger partial charge in [0, 0.05) is 45.6 Å². The van der Waals surface area contributed by atoms with E-state index in [1.165, 1.54) is 32.9 Å². The van der Waals surface area contributed by atoms with Gasteiger partial charge in [-0.2, -0.15) is 0 Å². The topological polar surface area (TPSA) is 31.9 Å². The van der Waals surface area contributed by atoms with Crippen LogP contribution in [0.25, 0.3) is 32.7 Å². The average molecular weight is 337 g/mol. The van der Waals surface area contributed by atoms with Crippen molar-refractivity contribution in [2.45, 2.75) is 6.92 Å². The minimum Gasteiger partial charge on any atom is -0.355 e. The SMILES string of the molecule is Cc1cc(N(C)c2ccc3[nH]c4ccccc4c3c2)c2ccccc2n1. The number of nitrogens with one attached hydrogen (secondary N) is 1. The van der Waals surface area contributed by atoms with Crippen LogP contribution in [0.4, 0.5) is 11.4 Å². The normalized spacial score (nSPS) is 11.5. The number of H-pyrrole nitrogens is 1. The van der Waals surface area contributed by atoms with Gasteiger partial charge >= 0.3 is 0 Å². The fourth-order valence-corrected chi connectivity index (χ4v) is 3.75. The van der Waals surface area contributed by atoms with Crippen LogP contribution in [0.2, 0.25) is 0 Å². The second-order valence-corrected chi connectivity index (χ2v) is 6.76. The lowest BCUT2D eigenvalue weighted by Gasteiger charge is -2.22. The van der Waals surface area contributed by atoms with Crippen LogP contribution < -0.4 is 4.90 Å². The number of hydrogen-bond acceptors (Lipinski definition) is 2. The van der Waals surface area contributed by atoms with Gasteiger partial charge in [0.1, 0.15) is 0 Å². The summed E-state index contributed by atoms with van der Waals surface area (Å²) >= 11 is 0. The predicted octanol–water partition coefficient (Wildman–Crippen LogP) is 5.95. The average Bonchev–Trinajstić information content (AvgIpc) is 3.04. The number of pyridine rings is 1. The monoisotopic (exact) mass is 337 g/mol. The third kappa shape index (κ3) is 2.25. The van der Waals surface area contributed by atoms with Gasteiger partial charge in [0.2, 0.25) is 0 Å². The summed E-state index contributed by atoms with van der Waals surface area (Å²) in [5.74, 6) is 0. The Morgan fingerprint density at radius 1 is 0.769 bits per heavy atom. The van der Waals surface area contributed by atoms with Crippen molar-refractivity contribution in [3.05, 3.63) is 78.5 Å². The molecule has 2 heterocycles. The summed E-state index contributed by atoms with van der Waals surface area (Å²) < 4.78 is 0. The summed E-state index contributed by atoms with van der Waals surface area (Å²) in [5.41, 5.74) is 6.73. The van der Waals surface area contributed by atoms with Crippen molar-refractivity contribution in [2.75, 3.05) is 11.9 Å². The van der Waals surface area contributed by atoms with Gasteiger partial charge in [0.05, 0.1) is 11.2 Å². The molecule has 5 rings (SSSR count). The van der Waals surface area contributed by atoms with E-state index in [1.807, 2.05) is 13.0 Å². The summed E-state index contributed by atoms with van der Waals surface area (Å²) in [4.78, 5) is 10.4. The maximum absolute atomic E-state index is 4.66. The standard InChI is InChI=1S/C23H19N3/c1-15-13-23(18-8-4-6-10-21(18)24-15)26(2)16-11-12-22-19(14-16)17-7-3-5-9-20(17)25-22/h3-14,25H,1-2H3. The fraction of sp³-hybridized carbons (Fsp3) is 0.0870. The highest BCUT2D eigenvalue weighted by molar-refractivity contribution is 6.08. The summed E-state index contributed by atoms with van der Waals surface area (Å²) in [7, 11) is 2.12. The zero-order valence-corrected chi connectivity index (χ0v) is 14.8. The smallest absolute Gasteiger partial charge is 0.0726 e. The molecule has 0 atom stereocenters. The van der Waals surface area contributed by atoms with Crippen molar-refractivity contribution < 1.29 is 0 Å². The maximum Gasteiger partial charge on any atom is 0.0726 e. The van der Waals surface area contributed by atoms with Crippen LogP contribution in [-0.2, 0) is 0 Å². The Balaban J connectivity index is 1.71. The number of para-hydroxylation sites is 2. The molecular weight excluding hydrogens is 318 g/mol. The lowest BCUT2D eigenvalue weighted by molar-refractivity contribution is 1.18. The molecule has 0 spiro atoms. The van der Waals surface area contributed by atoms with Crippen molar-refractivity contribution in [1.82, 2.24) is 9.97 Å². The highest BCUT2D eigenvalue weighted by atomic mass is 15.1. The van der Waals surface area contributed by atoms with E-state index < -0.39 is 0 Å². The number of anilines is 2. The van der Waals surface area contributed by atoms with E-state index in [4.69, 9.17) is 0 Å². The van der Waals surface area contributed by atoms with Crippen molar-refractivity contribution in [1.29, 1.82) is 0 Å². The number of nitrogens with zero attached hydrogens (tertiary/aromatic N) is 2. The number of aryl methyl sites for hydroxylation is 1. The molecule has 0 fully saturated rings. The van der Waals surface area contributed by atoms with Gasteiger partial charge in [-0.1, -0.05) is 36.4 Å². The predicted molar refractivity (Wildman–Crippen MR) is 110 cm³/mol. The highest BCUT2D eigenvalue weighted by Crippen LogP contribution is 2.34. The number of aromatic amines is 1. The maximum atomic E-state index is 4.66. The zero-order chi connectivity index (χ0) is 17.7. The number of rotatable bonds is 2. The third-order valence-electron chi connectivity index (χ3n) is 5.06. The third-order valence-corrected chi connectivity index (χ3v) is 5.06. The Bertz CT molecular complexity index is 1270. The van der Waals surface area contributed by atoms with Gasteiger partial charge in [-0.3, -0.25) is 4.98 Å². The summed E-state index contributed by atoms with van der Waals surface area (Å²) in [6, 6.07) is 25.5. The first kappa shape index (κ1) is 15.0. The molecule has 1 N–H and O–H groups in total. The van der Waals surface area contributed by atoms with Crippen LogP contribution in [0.1, 0.15) is 5.69 Å². The molecule has 26 heavy (non-hydrogen) atoms. The van der Waals surface area contributed by atoms with Gasteiger partial charge in [0.25, 0.3) is 0 Å². The van der Waals surface area contributed by atoms with Gasteiger partial charge in [-0.25, -0.2) is 0 Å². The lowest BCUT2D eigenvalue weighted by atomic mass is 10.1. The molecule has 3 heteroatoms. The molecule has 0 amide bonds. The Hall–Kier alpha value is -3.33. The molecule has 0 radical (unpaired) electrons. The molecule has 3 aromatic carbocycles. The molecule has 0 saturated carbocycles. The Morgan fingerprint density at radius 3 is 2.38 bits per heavy atom. The molecule has 5 aromatic rings. The fourth-order valence-electron chi connectivity index (χ4n) is 3.75. The summed E-state index contributed by atoms with van der Waals surface area (Å²) in [6.07, 6.45) is 0. The zero-order valence-electron chi connectivity index (χ0n) is 14.8. The minimum absolute atomic E-state index is 1.03. The Labute approximate surface area is 151 Å². The summed E-state index contributed by atoms with van der Waals surface area (Å²) in [5, 5.41) is 3.67. The summed E-state index contributed by atoms with van der Waals surface area (Å²) in [6.45, 7) is 2.05. The first-order chi connectivity index (χ1) is 12.7. The van der Waals surface area contributed by atoms with E-state index >= 15 is 0 Å². The van der Waals surface area contributed by atoms with E-state index in [-0.39, 0.29) is 0 Å². The van der Waals surface area contributed by atoms with Crippen LogP contribution in [-0.4, -0.2) is 17.0 Å². The Morgan fingerprint density at radius 2 is 1.50 bits per heavy atom. The van der Waals surface area contributed by atoms with E-state index in [1.54, 1.807) is 0 Å². The molecule has 0 saturated heterocycles. The minimum atomic E-state index is 1.03. The Kier molecular flexibility index (Phi) is 3.22. The van der Waals surface area contributed by atoms with E-state index in [2.05, 4.69) is 88.6 Å². The van der Waals surface area contributed by atoms with Crippen LogP contribution in [0.15, 0.2) is 72.8 Å². The van der Waals surface area contributed by atoms with E-state index in [0.29, 0.717) is 0 Å². The van der Waals surface area contributed by atoms with Gasteiger partial charge < -0.3 is 9.88 Å². The molecule has 0 aliphatic carbocycles. The number of fused-ring (bicyclic) bond motifs is 4. The number of aromatic nitrogens is 2.